The molecule has 10 heteroatoms. The van der Waals surface area contributed by atoms with Gasteiger partial charge in [-0.2, -0.15) is 0 Å². The molecule has 0 saturated heterocycles. The zero-order valence-corrected chi connectivity index (χ0v) is 17.4. The van der Waals surface area contributed by atoms with E-state index in [1.807, 2.05) is 24.3 Å². The minimum absolute atomic E-state index is 0.223. The van der Waals surface area contributed by atoms with Gasteiger partial charge in [-0.3, -0.25) is 14.4 Å². The third-order valence-corrected chi connectivity index (χ3v) is 5.51. The summed E-state index contributed by atoms with van der Waals surface area (Å²) in [4.78, 5) is 37.2. The maximum absolute atomic E-state index is 12.4. The smallest absolute Gasteiger partial charge is 0.254 e. The molecule has 2 aromatic carbocycles. The van der Waals surface area contributed by atoms with E-state index in [4.69, 9.17) is 4.74 Å². The zero-order valence-electron chi connectivity index (χ0n) is 16.5. The van der Waals surface area contributed by atoms with Crippen molar-refractivity contribution in [3.05, 3.63) is 64.7 Å². The molecule has 1 aliphatic rings. The van der Waals surface area contributed by atoms with Gasteiger partial charge >= 0.3 is 0 Å². The topological polar surface area (TPSA) is 122 Å². The van der Waals surface area contributed by atoms with Crippen molar-refractivity contribution in [3.8, 4) is 5.75 Å². The fourth-order valence-electron chi connectivity index (χ4n) is 3.10. The Balaban J connectivity index is 1.36. The second-order valence-corrected chi connectivity index (χ2v) is 7.90. The van der Waals surface area contributed by atoms with E-state index in [0.717, 1.165) is 16.3 Å². The number of carbonyl (C=O) groups is 3. The van der Waals surface area contributed by atoms with Crippen LogP contribution in [0.5, 0.6) is 5.75 Å². The Morgan fingerprint density at radius 1 is 1.13 bits per heavy atom. The summed E-state index contributed by atoms with van der Waals surface area (Å²) in [6.07, 6.45) is 0.343. The summed E-state index contributed by atoms with van der Waals surface area (Å²) in [5.41, 5.74) is 1.80. The first-order valence-corrected chi connectivity index (χ1v) is 10.3. The highest BCUT2D eigenvalue weighted by Gasteiger charge is 2.29. The summed E-state index contributed by atoms with van der Waals surface area (Å²) in [6, 6.07) is 13.3. The third-order valence-electron chi connectivity index (χ3n) is 4.67. The molecule has 1 aromatic heterocycles. The number of methoxy groups -OCH3 is 1. The number of ether oxygens (including phenoxy) is 1. The van der Waals surface area contributed by atoms with Crippen LogP contribution in [0.4, 0.5) is 10.8 Å². The van der Waals surface area contributed by atoms with Crippen LogP contribution in [0.15, 0.2) is 48.5 Å². The van der Waals surface area contributed by atoms with Crippen molar-refractivity contribution < 1.29 is 19.1 Å². The summed E-state index contributed by atoms with van der Waals surface area (Å²) in [5.74, 6) is -0.541. The molecule has 9 nitrogen and oxygen atoms in total. The van der Waals surface area contributed by atoms with Gasteiger partial charge in [-0.05, 0) is 29.8 Å². The van der Waals surface area contributed by atoms with Crippen LogP contribution in [-0.4, -0.2) is 41.1 Å². The first-order valence-electron chi connectivity index (χ1n) is 9.48. The van der Waals surface area contributed by atoms with E-state index in [1.54, 1.807) is 31.4 Å². The van der Waals surface area contributed by atoms with Crippen molar-refractivity contribution in [3.63, 3.8) is 0 Å². The number of benzene rings is 2. The number of para-hydroxylation sites is 1. The van der Waals surface area contributed by atoms with Gasteiger partial charge in [-0.1, -0.05) is 35.6 Å². The fourth-order valence-corrected chi connectivity index (χ4v) is 3.89. The number of hydrogen-bond donors (Lipinski definition) is 3. The van der Waals surface area contributed by atoms with Gasteiger partial charge < -0.3 is 20.7 Å². The van der Waals surface area contributed by atoms with Gasteiger partial charge in [0.15, 0.2) is 0 Å². The quantitative estimate of drug-likeness (QED) is 0.544. The molecule has 0 spiro atoms. The average Bonchev–Trinajstić information content (AvgIpc) is 3.15. The van der Waals surface area contributed by atoms with E-state index in [0.29, 0.717) is 22.8 Å². The molecule has 0 aliphatic carbocycles. The third kappa shape index (κ3) is 4.86. The van der Waals surface area contributed by atoms with Gasteiger partial charge in [-0.25, -0.2) is 0 Å². The molecule has 0 radical (unpaired) electrons. The molecule has 3 amide bonds. The van der Waals surface area contributed by atoms with Crippen molar-refractivity contribution in [2.75, 3.05) is 17.7 Å². The van der Waals surface area contributed by atoms with Gasteiger partial charge in [0, 0.05) is 6.42 Å². The van der Waals surface area contributed by atoms with E-state index in [-0.39, 0.29) is 6.42 Å². The number of nitrogens with zero attached hydrogens (tertiary/aromatic N) is 2. The van der Waals surface area contributed by atoms with Crippen molar-refractivity contribution in [1.29, 1.82) is 0 Å². The molecule has 1 unspecified atom stereocenters. The number of rotatable bonds is 6. The lowest BCUT2D eigenvalue weighted by atomic mass is 10.1. The van der Waals surface area contributed by atoms with E-state index < -0.39 is 23.8 Å². The van der Waals surface area contributed by atoms with Gasteiger partial charge in [-0.15, -0.1) is 10.2 Å². The summed E-state index contributed by atoms with van der Waals surface area (Å²) in [6.45, 7) is 0. The van der Waals surface area contributed by atoms with Crippen molar-refractivity contribution in [1.82, 2.24) is 15.5 Å². The van der Waals surface area contributed by atoms with E-state index >= 15 is 0 Å². The Labute approximate surface area is 181 Å². The fraction of sp³-hybridized carbons (Fsp3) is 0.190. The molecule has 0 bridgehead atoms. The Morgan fingerprint density at radius 2 is 1.90 bits per heavy atom. The lowest BCUT2D eigenvalue weighted by Gasteiger charge is -2.13. The Morgan fingerprint density at radius 3 is 2.68 bits per heavy atom. The van der Waals surface area contributed by atoms with Crippen LogP contribution in [0.2, 0.25) is 0 Å². The van der Waals surface area contributed by atoms with E-state index in [9.17, 15) is 14.4 Å². The standard InChI is InChI=1S/C21H19N5O4S/c1-30-13-8-6-12(7-9-13)10-18-25-26-21(31-18)24-17(27)11-16-20(29)22-15-5-3-2-4-14(15)19(28)23-16/h2-9,16H,10-11H2,1H3,(H,22,29)(H,23,28)(H,24,26,27). The molecule has 1 atom stereocenters. The highest BCUT2D eigenvalue weighted by molar-refractivity contribution is 7.15. The van der Waals surface area contributed by atoms with Gasteiger partial charge in [0.1, 0.15) is 16.8 Å². The van der Waals surface area contributed by atoms with Crippen LogP contribution < -0.4 is 20.7 Å². The maximum atomic E-state index is 12.4. The lowest BCUT2D eigenvalue weighted by Crippen LogP contribution is -2.43. The molecule has 0 fully saturated rings. The summed E-state index contributed by atoms with van der Waals surface area (Å²) < 4.78 is 5.14. The summed E-state index contributed by atoms with van der Waals surface area (Å²) in [7, 11) is 1.61. The number of fused-ring (bicyclic) bond motifs is 1. The number of amides is 3. The Hall–Kier alpha value is -3.79. The number of nitrogens with one attached hydrogen (secondary N) is 3. The average molecular weight is 437 g/mol. The zero-order chi connectivity index (χ0) is 21.8. The summed E-state index contributed by atoms with van der Waals surface area (Å²) in [5, 5.41) is 17.1. The van der Waals surface area contributed by atoms with Crippen LogP contribution in [0.3, 0.4) is 0 Å². The maximum Gasteiger partial charge on any atom is 0.254 e. The van der Waals surface area contributed by atoms with Crippen molar-refractivity contribution in [2.24, 2.45) is 0 Å². The number of anilines is 2. The minimum atomic E-state index is -0.994. The predicted octanol–water partition coefficient (Wildman–Crippen LogP) is 2.22. The molecular formula is C21H19N5O4S. The largest absolute Gasteiger partial charge is 0.497 e. The number of hydrogen-bond acceptors (Lipinski definition) is 7. The van der Waals surface area contributed by atoms with Crippen molar-refractivity contribution in [2.45, 2.75) is 18.9 Å². The number of aromatic nitrogens is 2. The molecule has 1 aliphatic heterocycles. The molecule has 158 valence electrons. The SMILES string of the molecule is COc1ccc(Cc2nnc(NC(=O)CC3NC(=O)c4ccccc4NC3=O)s2)cc1. The molecular weight excluding hydrogens is 418 g/mol. The van der Waals surface area contributed by atoms with Crippen molar-refractivity contribution >= 4 is 39.9 Å². The highest BCUT2D eigenvalue weighted by atomic mass is 32.1. The summed E-state index contributed by atoms with van der Waals surface area (Å²) >= 11 is 1.25. The second kappa shape index (κ2) is 8.92. The molecule has 3 N–H and O–H groups in total. The Bertz CT molecular complexity index is 1130. The van der Waals surface area contributed by atoms with Crippen LogP contribution in [0.25, 0.3) is 0 Å². The van der Waals surface area contributed by atoms with Gasteiger partial charge in [0.05, 0.1) is 24.8 Å². The van der Waals surface area contributed by atoms with Crippen LogP contribution in [0, 0.1) is 0 Å². The molecule has 3 aromatic rings. The number of carbonyl (C=O) groups excluding carboxylic acids is 3. The lowest BCUT2D eigenvalue weighted by molar-refractivity contribution is -0.122. The van der Waals surface area contributed by atoms with Gasteiger partial charge in [0.2, 0.25) is 16.9 Å². The first-order chi connectivity index (χ1) is 15.0. The highest BCUT2D eigenvalue weighted by Crippen LogP contribution is 2.22. The van der Waals surface area contributed by atoms with Crippen LogP contribution >= 0.6 is 11.3 Å². The molecule has 2 heterocycles. The van der Waals surface area contributed by atoms with Crippen LogP contribution in [-0.2, 0) is 16.0 Å². The first kappa shape index (κ1) is 20.5. The van der Waals surface area contributed by atoms with Gasteiger partial charge in [0.25, 0.3) is 5.91 Å². The predicted molar refractivity (Wildman–Crippen MR) is 115 cm³/mol. The minimum Gasteiger partial charge on any atom is -0.497 e. The molecule has 0 saturated carbocycles. The van der Waals surface area contributed by atoms with Crippen LogP contribution in [0.1, 0.15) is 27.3 Å². The molecule has 31 heavy (non-hydrogen) atoms. The van der Waals surface area contributed by atoms with E-state index in [2.05, 4.69) is 26.1 Å². The molecule has 4 rings (SSSR count). The second-order valence-electron chi connectivity index (χ2n) is 6.84. The normalized spacial score (nSPS) is 15.3. The van der Waals surface area contributed by atoms with E-state index in [1.165, 1.54) is 11.3 Å². The monoisotopic (exact) mass is 437 g/mol. The Kier molecular flexibility index (Phi) is 5.89.